The Balaban J connectivity index is 1.77. The molecule has 0 heterocycles. The second kappa shape index (κ2) is 5.05. The molecule has 2 aliphatic carbocycles. The van der Waals surface area contributed by atoms with Gasteiger partial charge >= 0.3 is 0 Å². The van der Waals surface area contributed by atoms with Gasteiger partial charge in [0.05, 0.1) is 5.60 Å². The minimum atomic E-state index is -0.348. The number of aliphatic hydroxyl groups is 1. The largest absolute Gasteiger partial charge is 0.390 e. The van der Waals surface area contributed by atoms with Gasteiger partial charge in [0.25, 0.3) is 0 Å². The molecule has 0 aromatic heterocycles. The summed E-state index contributed by atoms with van der Waals surface area (Å²) in [6.45, 7) is 4.47. The maximum absolute atomic E-state index is 10.2. The van der Waals surface area contributed by atoms with Crippen molar-refractivity contribution in [3.63, 3.8) is 0 Å². The van der Waals surface area contributed by atoms with Gasteiger partial charge in [0.1, 0.15) is 0 Å². The van der Waals surface area contributed by atoms with Crippen molar-refractivity contribution in [3.8, 4) is 0 Å². The van der Waals surface area contributed by atoms with Crippen molar-refractivity contribution in [3.05, 3.63) is 0 Å². The molecule has 0 saturated heterocycles. The molecular weight excluding hydrogens is 198 g/mol. The summed E-state index contributed by atoms with van der Waals surface area (Å²) in [4.78, 5) is 0. The Morgan fingerprint density at radius 1 is 1.19 bits per heavy atom. The molecule has 0 aromatic rings. The molecule has 16 heavy (non-hydrogen) atoms. The molecule has 0 bridgehead atoms. The first-order chi connectivity index (χ1) is 7.63. The van der Waals surface area contributed by atoms with Gasteiger partial charge in [0.15, 0.2) is 0 Å². The fourth-order valence-electron chi connectivity index (χ4n) is 3.37. The molecule has 0 amide bonds. The highest BCUT2D eigenvalue weighted by Gasteiger charge is 2.33. The number of rotatable bonds is 3. The lowest BCUT2D eigenvalue weighted by molar-refractivity contribution is -0.00813. The van der Waals surface area contributed by atoms with Crippen molar-refractivity contribution in [1.29, 1.82) is 0 Å². The summed E-state index contributed by atoms with van der Waals surface area (Å²) in [5.41, 5.74) is -0.348. The first-order valence-electron chi connectivity index (χ1n) is 7.11. The van der Waals surface area contributed by atoms with E-state index in [2.05, 4.69) is 19.2 Å². The highest BCUT2D eigenvalue weighted by molar-refractivity contribution is 4.90. The Morgan fingerprint density at radius 2 is 1.88 bits per heavy atom. The van der Waals surface area contributed by atoms with Crippen LogP contribution in [0.1, 0.15) is 65.2 Å². The third-order valence-corrected chi connectivity index (χ3v) is 4.89. The fourth-order valence-corrected chi connectivity index (χ4v) is 3.37. The maximum atomic E-state index is 10.2. The summed E-state index contributed by atoms with van der Waals surface area (Å²) >= 11 is 0. The molecule has 2 saturated carbocycles. The molecule has 2 rings (SSSR count). The fraction of sp³-hybridized carbons (Fsp3) is 1.00. The second-order valence-corrected chi connectivity index (χ2v) is 6.03. The molecule has 2 aliphatic rings. The van der Waals surface area contributed by atoms with Crippen molar-refractivity contribution in [1.82, 2.24) is 5.32 Å². The van der Waals surface area contributed by atoms with Crippen molar-refractivity contribution >= 4 is 0 Å². The lowest BCUT2D eigenvalue weighted by Crippen LogP contribution is -2.45. The van der Waals surface area contributed by atoms with Crippen LogP contribution < -0.4 is 5.32 Å². The van der Waals surface area contributed by atoms with E-state index in [-0.39, 0.29) is 5.60 Å². The van der Waals surface area contributed by atoms with E-state index in [0.29, 0.717) is 6.04 Å². The third kappa shape index (κ3) is 2.78. The number of hydrogen-bond acceptors (Lipinski definition) is 2. The van der Waals surface area contributed by atoms with E-state index in [0.717, 1.165) is 44.1 Å². The highest BCUT2D eigenvalue weighted by atomic mass is 16.3. The Hall–Kier alpha value is -0.0800. The highest BCUT2D eigenvalue weighted by Crippen LogP contribution is 2.32. The zero-order valence-electron chi connectivity index (χ0n) is 10.8. The van der Waals surface area contributed by atoms with Crippen molar-refractivity contribution < 1.29 is 5.11 Å². The molecular formula is C14H27NO. The average molecular weight is 225 g/mol. The van der Waals surface area contributed by atoms with Gasteiger partial charge < -0.3 is 10.4 Å². The molecule has 0 radical (unpaired) electrons. The first-order valence-corrected chi connectivity index (χ1v) is 7.11. The van der Waals surface area contributed by atoms with E-state index in [1.165, 1.54) is 19.3 Å². The summed E-state index contributed by atoms with van der Waals surface area (Å²) in [5.74, 6) is 0.854. The van der Waals surface area contributed by atoms with Crippen molar-refractivity contribution in [2.45, 2.75) is 82.9 Å². The molecule has 2 unspecified atom stereocenters. The Kier molecular flexibility index (Phi) is 3.91. The van der Waals surface area contributed by atoms with Crippen LogP contribution >= 0.6 is 0 Å². The molecule has 2 atom stereocenters. The second-order valence-electron chi connectivity index (χ2n) is 6.03. The summed E-state index contributed by atoms with van der Waals surface area (Å²) in [6.07, 6.45) is 9.36. The molecule has 0 spiro atoms. The van der Waals surface area contributed by atoms with Gasteiger partial charge in [-0.3, -0.25) is 0 Å². The number of hydrogen-bond donors (Lipinski definition) is 2. The average Bonchev–Trinajstić information content (AvgIpc) is 2.68. The Morgan fingerprint density at radius 3 is 2.38 bits per heavy atom. The Bertz CT molecular complexity index is 221. The normalized spacial score (nSPS) is 44.8. The lowest BCUT2D eigenvalue weighted by atomic mass is 9.80. The SMILES string of the molecule is CCC1(O)CCC(NC2CCCC2C)CC1. The summed E-state index contributed by atoms with van der Waals surface area (Å²) < 4.78 is 0. The van der Waals surface area contributed by atoms with E-state index in [1.807, 2.05) is 0 Å². The van der Waals surface area contributed by atoms with Crippen LogP contribution in [0.3, 0.4) is 0 Å². The zero-order valence-corrected chi connectivity index (χ0v) is 10.8. The minimum Gasteiger partial charge on any atom is -0.390 e. The van der Waals surface area contributed by atoms with E-state index < -0.39 is 0 Å². The van der Waals surface area contributed by atoms with Crippen molar-refractivity contribution in [2.75, 3.05) is 0 Å². The van der Waals surface area contributed by atoms with E-state index in [9.17, 15) is 5.11 Å². The van der Waals surface area contributed by atoms with Crippen LogP contribution in [0.15, 0.2) is 0 Å². The maximum Gasteiger partial charge on any atom is 0.0646 e. The Labute approximate surface area is 99.8 Å². The summed E-state index contributed by atoms with van der Waals surface area (Å²) in [5, 5.41) is 14.0. The first kappa shape index (κ1) is 12.4. The third-order valence-electron chi connectivity index (χ3n) is 4.89. The molecule has 94 valence electrons. The topological polar surface area (TPSA) is 32.3 Å². The van der Waals surface area contributed by atoms with Crippen LogP contribution in [-0.4, -0.2) is 22.8 Å². The standard InChI is InChI=1S/C14H27NO/c1-3-14(16)9-7-12(8-10-14)15-13-6-4-5-11(13)2/h11-13,15-16H,3-10H2,1-2H3. The van der Waals surface area contributed by atoms with Crippen LogP contribution in [0.4, 0.5) is 0 Å². The minimum absolute atomic E-state index is 0.348. The monoisotopic (exact) mass is 225 g/mol. The molecule has 0 aromatic carbocycles. The zero-order chi connectivity index (χ0) is 11.6. The number of nitrogens with one attached hydrogen (secondary N) is 1. The van der Waals surface area contributed by atoms with E-state index in [1.54, 1.807) is 0 Å². The predicted molar refractivity (Wildman–Crippen MR) is 67.4 cm³/mol. The van der Waals surface area contributed by atoms with Crippen molar-refractivity contribution in [2.24, 2.45) is 5.92 Å². The molecule has 0 aliphatic heterocycles. The van der Waals surface area contributed by atoms with Crippen LogP contribution in [0.5, 0.6) is 0 Å². The van der Waals surface area contributed by atoms with Crippen LogP contribution in [0.25, 0.3) is 0 Å². The van der Waals surface area contributed by atoms with E-state index >= 15 is 0 Å². The van der Waals surface area contributed by atoms with Crippen LogP contribution in [-0.2, 0) is 0 Å². The summed E-state index contributed by atoms with van der Waals surface area (Å²) in [7, 11) is 0. The molecule has 2 N–H and O–H groups in total. The van der Waals surface area contributed by atoms with Gasteiger partial charge in [0.2, 0.25) is 0 Å². The quantitative estimate of drug-likeness (QED) is 0.774. The van der Waals surface area contributed by atoms with Crippen LogP contribution in [0.2, 0.25) is 0 Å². The summed E-state index contributed by atoms with van der Waals surface area (Å²) in [6, 6.07) is 1.41. The predicted octanol–water partition coefficient (Wildman–Crippen LogP) is 2.85. The van der Waals surface area contributed by atoms with Gasteiger partial charge in [-0.05, 0) is 50.9 Å². The molecule has 2 fully saturated rings. The van der Waals surface area contributed by atoms with Gasteiger partial charge in [-0.2, -0.15) is 0 Å². The molecule has 2 nitrogen and oxygen atoms in total. The van der Waals surface area contributed by atoms with Gasteiger partial charge in [-0.15, -0.1) is 0 Å². The van der Waals surface area contributed by atoms with E-state index in [4.69, 9.17) is 0 Å². The van der Waals surface area contributed by atoms with Gasteiger partial charge in [0, 0.05) is 12.1 Å². The van der Waals surface area contributed by atoms with Crippen LogP contribution in [0, 0.1) is 5.92 Å². The van der Waals surface area contributed by atoms with Gasteiger partial charge in [-0.25, -0.2) is 0 Å². The lowest BCUT2D eigenvalue weighted by Gasteiger charge is -2.37. The smallest absolute Gasteiger partial charge is 0.0646 e. The molecule has 2 heteroatoms. The van der Waals surface area contributed by atoms with Gasteiger partial charge in [-0.1, -0.05) is 20.3 Å².